The summed E-state index contributed by atoms with van der Waals surface area (Å²) in [6.07, 6.45) is 2.18. The molecular formula is C28H24O3. The standard InChI is InChI=1S/C28H24O3/c1-28(22-13-7-9-15-25(22)30-3)18-26(21-12-6-8-14-24(21)29-2)31-27-20-11-5-4-10-19(20)16-17-23(27)28/h4-18H,1-3H3. The smallest absolute Gasteiger partial charge is 0.139 e. The van der Waals surface area contributed by atoms with E-state index in [1.807, 2.05) is 48.5 Å². The van der Waals surface area contributed by atoms with Crippen LogP contribution in [0.5, 0.6) is 17.2 Å². The normalized spacial score (nSPS) is 17.5. The maximum Gasteiger partial charge on any atom is 0.139 e. The summed E-state index contributed by atoms with van der Waals surface area (Å²) in [5.41, 5.74) is 2.66. The summed E-state index contributed by atoms with van der Waals surface area (Å²) < 4.78 is 18.0. The third kappa shape index (κ3) is 3.05. The first-order valence-corrected chi connectivity index (χ1v) is 10.4. The van der Waals surface area contributed by atoms with Crippen molar-refractivity contribution in [1.29, 1.82) is 0 Å². The number of ether oxygens (including phenoxy) is 3. The zero-order valence-electron chi connectivity index (χ0n) is 17.9. The fraction of sp³-hybridized carbons (Fsp3) is 0.143. The van der Waals surface area contributed by atoms with Gasteiger partial charge in [-0.05, 0) is 36.6 Å². The first-order chi connectivity index (χ1) is 15.2. The molecule has 0 fully saturated rings. The van der Waals surface area contributed by atoms with Crippen LogP contribution in [-0.4, -0.2) is 14.2 Å². The number of benzene rings is 4. The molecule has 4 aromatic rings. The largest absolute Gasteiger partial charge is 0.496 e. The van der Waals surface area contributed by atoms with Crippen LogP contribution in [0.25, 0.3) is 16.5 Å². The average Bonchev–Trinajstić information content (AvgIpc) is 2.83. The molecule has 154 valence electrons. The summed E-state index contributed by atoms with van der Waals surface area (Å²) in [5.74, 6) is 3.27. The van der Waals surface area contributed by atoms with Crippen molar-refractivity contribution < 1.29 is 14.2 Å². The molecule has 0 aliphatic carbocycles. The second kappa shape index (κ2) is 7.51. The van der Waals surface area contributed by atoms with Gasteiger partial charge in [-0.15, -0.1) is 0 Å². The maximum atomic E-state index is 6.60. The van der Waals surface area contributed by atoms with Crippen LogP contribution in [0.3, 0.4) is 0 Å². The molecule has 1 heterocycles. The fourth-order valence-corrected chi connectivity index (χ4v) is 4.52. The van der Waals surface area contributed by atoms with Gasteiger partial charge in [0.15, 0.2) is 0 Å². The molecule has 4 aromatic carbocycles. The molecule has 0 saturated heterocycles. The third-order valence-electron chi connectivity index (χ3n) is 6.11. The van der Waals surface area contributed by atoms with Gasteiger partial charge in [0.2, 0.25) is 0 Å². The molecule has 0 amide bonds. The summed E-state index contributed by atoms with van der Waals surface area (Å²) in [5, 5.41) is 2.23. The zero-order valence-corrected chi connectivity index (χ0v) is 17.9. The molecule has 3 heteroatoms. The molecule has 0 spiro atoms. The van der Waals surface area contributed by atoms with E-state index in [0.717, 1.165) is 50.5 Å². The SMILES string of the molecule is COc1ccccc1C1=CC(C)(c2ccccc2OC)c2ccc3ccccc3c2O1. The van der Waals surface area contributed by atoms with Crippen molar-refractivity contribution in [1.82, 2.24) is 0 Å². The van der Waals surface area contributed by atoms with Crippen molar-refractivity contribution in [2.45, 2.75) is 12.3 Å². The summed E-state index contributed by atoms with van der Waals surface area (Å²) in [7, 11) is 3.40. The Balaban J connectivity index is 1.84. The van der Waals surface area contributed by atoms with Gasteiger partial charge in [0.1, 0.15) is 23.0 Å². The van der Waals surface area contributed by atoms with Crippen molar-refractivity contribution in [3.05, 3.63) is 108 Å². The Bertz CT molecular complexity index is 1300. The Kier molecular flexibility index (Phi) is 4.67. The van der Waals surface area contributed by atoms with Crippen molar-refractivity contribution in [3.8, 4) is 17.2 Å². The molecule has 0 bridgehead atoms. The van der Waals surface area contributed by atoms with E-state index >= 15 is 0 Å². The van der Waals surface area contributed by atoms with E-state index in [1.165, 1.54) is 0 Å². The maximum absolute atomic E-state index is 6.60. The van der Waals surface area contributed by atoms with E-state index < -0.39 is 5.41 Å². The van der Waals surface area contributed by atoms with Gasteiger partial charge in [-0.25, -0.2) is 0 Å². The van der Waals surface area contributed by atoms with Crippen molar-refractivity contribution >= 4 is 16.5 Å². The van der Waals surface area contributed by atoms with Crippen LogP contribution in [0.1, 0.15) is 23.6 Å². The van der Waals surface area contributed by atoms with Crippen LogP contribution in [0.15, 0.2) is 91.0 Å². The van der Waals surface area contributed by atoms with Gasteiger partial charge in [-0.2, -0.15) is 0 Å². The lowest BCUT2D eigenvalue weighted by Crippen LogP contribution is -2.27. The van der Waals surface area contributed by atoms with Crippen molar-refractivity contribution in [2.75, 3.05) is 14.2 Å². The van der Waals surface area contributed by atoms with E-state index in [2.05, 4.69) is 49.4 Å². The number of hydrogen-bond acceptors (Lipinski definition) is 3. The second-order valence-corrected chi connectivity index (χ2v) is 7.88. The molecular weight excluding hydrogens is 384 g/mol. The Labute approximate surface area is 182 Å². The minimum absolute atomic E-state index is 0.458. The predicted molar refractivity (Wildman–Crippen MR) is 125 cm³/mol. The minimum atomic E-state index is -0.458. The molecule has 0 saturated carbocycles. The molecule has 1 unspecified atom stereocenters. The Morgan fingerprint density at radius 3 is 2.16 bits per heavy atom. The summed E-state index contributed by atoms with van der Waals surface area (Å²) in [6.45, 7) is 2.22. The topological polar surface area (TPSA) is 27.7 Å². The van der Waals surface area contributed by atoms with Gasteiger partial charge in [0.25, 0.3) is 0 Å². The molecule has 3 nitrogen and oxygen atoms in total. The second-order valence-electron chi connectivity index (χ2n) is 7.88. The molecule has 0 N–H and O–H groups in total. The first-order valence-electron chi connectivity index (χ1n) is 10.4. The van der Waals surface area contributed by atoms with E-state index in [9.17, 15) is 0 Å². The first kappa shape index (κ1) is 19.3. The van der Waals surface area contributed by atoms with Crippen LogP contribution in [0, 0.1) is 0 Å². The Morgan fingerprint density at radius 1 is 0.677 bits per heavy atom. The van der Waals surface area contributed by atoms with Crippen LogP contribution < -0.4 is 14.2 Å². The minimum Gasteiger partial charge on any atom is -0.496 e. The molecule has 1 atom stereocenters. The number of para-hydroxylation sites is 2. The summed E-state index contributed by atoms with van der Waals surface area (Å²) in [6, 6.07) is 28.8. The molecule has 1 aliphatic heterocycles. The number of fused-ring (bicyclic) bond motifs is 3. The van der Waals surface area contributed by atoms with E-state index in [4.69, 9.17) is 14.2 Å². The van der Waals surface area contributed by atoms with Crippen LogP contribution >= 0.6 is 0 Å². The highest BCUT2D eigenvalue weighted by Crippen LogP contribution is 2.50. The van der Waals surface area contributed by atoms with Crippen LogP contribution in [0.2, 0.25) is 0 Å². The van der Waals surface area contributed by atoms with Gasteiger partial charge >= 0.3 is 0 Å². The van der Waals surface area contributed by atoms with Gasteiger partial charge in [0.05, 0.1) is 19.8 Å². The highest BCUT2D eigenvalue weighted by atomic mass is 16.5. The molecule has 5 rings (SSSR count). The van der Waals surface area contributed by atoms with E-state index in [0.29, 0.717) is 0 Å². The van der Waals surface area contributed by atoms with E-state index in [-0.39, 0.29) is 0 Å². The van der Waals surface area contributed by atoms with Gasteiger partial charge in [-0.1, -0.05) is 66.7 Å². The number of allylic oxidation sites excluding steroid dienone is 1. The van der Waals surface area contributed by atoms with Crippen molar-refractivity contribution in [2.24, 2.45) is 0 Å². The van der Waals surface area contributed by atoms with Gasteiger partial charge in [-0.3, -0.25) is 0 Å². The quantitative estimate of drug-likeness (QED) is 0.381. The highest BCUT2D eigenvalue weighted by molar-refractivity contribution is 5.92. The van der Waals surface area contributed by atoms with Gasteiger partial charge < -0.3 is 14.2 Å². The van der Waals surface area contributed by atoms with E-state index in [1.54, 1.807) is 14.2 Å². The van der Waals surface area contributed by atoms with Crippen LogP contribution in [-0.2, 0) is 5.41 Å². The zero-order chi connectivity index (χ0) is 21.4. The Hall–Kier alpha value is -3.72. The summed E-state index contributed by atoms with van der Waals surface area (Å²) in [4.78, 5) is 0. The lowest BCUT2D eigenvalue weighted by Gasteiger charge is -2.36. The fourth-order valence-electron chi connectivity index (χ4n) is 4.52. The third-order valence-corrected chi connectivity index (χ3v) is 6.11. The van der Waals surface area contributed by atoms with Gasteiger partial charge in [0, 0.05) is 21.9 Å². The highest BCUT2D eigenvalue weighted by Gasteiger charge is 2.38. The molecule has 31 heavy (non-hydrogen) atoms. The lowest BCUT2D eigenvalue weighted by atomic mass is 9.73. The summed E-state index contributed by atoms with van der Waals surface area (Å²) >= 11 is 0. The number of hydrogen-bond donors (Lipinski definition) is 0. The number of rotatable bonds is 4. The van der Waals surface area contributed by atoms with Crippen LogP contribution in [0.4, 0.5) is 0 Å². The lowest BCUT2D eigenvalue weighted by molar-refractivity contribution is 0.397. The predicted octanol–water partition coefficient (Wildman–Crippen LogP) is 6.60. The monoisotopic (exact) mass is 408 g/mol. The molecule has 0 radical (unpaired) electrons. The number of methoxy groups -OCH3 is 2. The molecule has 1 aliphatic rings. The Morgan fingerprint density at radius 2 is 1.35 bits per heavy atom. The average molecular weight is 408 g/mol. The van der Waals surface area contributed by atoms with Crippen molar-refractivity contribution in [3.63, 3.8) is 0 Å². The molecule has 0 aromatic heterocycles.